The van der Waals surface area contributed by atoms with E-state index in [0.29, 0.717) is 0 Å². The van der Waals surface area contributed by atoms with Crippen LogP contribution in [0.15, 0.2) is 72.9 Å². The Balaban J connectivity index is 1.74. The average Bonchev–Trinajstić information content (AvgIpc) is 3.30. The van der Waals surface area contributed by atoms with E-state index in [-0.39, 0.29) is 0 Å². The third-order valence-corrected chi connectivity index (χ3v) is 5.18. The largest absolute Gasteiger partial charge is 0.341 e. The summed E-state index contributed by atoms with van der Waals surface area (Å²) in [5.41, 5.74) is 6.88. The maximum atomic E-state index is 4.37. The molecule has 0 aliphatic heterocycles. The summed E-state index contributed by atoms with van der Waals surface area (Å²) < 4.78 is 4.28. The summed E-state index contributed by atoms with van der Waals surface area (Å²) in [5.74, 6) is 0. The van der Waals surface area contributed by atoms with Crippen LogP contribution >= 0.6 is 0 Å². The van der Waals surface area contributed by atoms with Crippen molar-refractivity contribution in [3.05, 3.63) is 78.5 Å². The predicted molar refractivity (Wildman–Crippen MR) is 110 cm³/mol. The first kappa shape index (κ1) is 15.8. The van der Waals surface area contributed by atoms with Crippen molar-refractivity contribution in [3.8, 4) is 16.9 Å². The highest BCUT2D eigenvalue weighted by atomic mass is 15.4. The lowest BCUT2D eigenvalue weighted by Crippen LogP contribution is -2.00. The highest BCUT2D eigenvalue weighted by molar-refractivity contribution is 6.08. The molecule has 0 aliphatic carbocycles. The maximum absolute atomic E-state index is 4.37. The van der Waals surface area contributed by atoms with Gasteiger partial charge in [-0.15, -0.1) is 5.10 Å². The van der Waals surface area contributed by atoms with Gasteiger partial charge in [-0.2, -0.15) is 0 Å². The first-order valence-electron chi connectivity index (χ1n) is 9.25. The first-order valence-corrected chi connectivity index (χ1v) is 9.25. The van der Waals surface area contributed by atoms with E-state index in [1.54, 1.807) is 0 Å². The number of aryl methyl sites for hydroxylation is 2. The van der Waals surface area contributed by atoms with Crippen molar-refractivity contribution in [2.75, 3.05) is 0 Å². The van der Waals surface area contributed by atoms with Crippen molar-refractivity contribution < 1.29 is 0 Å². The van der Waals surface area contributed by atoms with Gasteiger partial charge in [0.05, 0.1) is 17.6 Å². The molecule has 3 aromatic carbocycles. The van der Waals surface area contributed by atoms with Crippen LogP contribution in [0.5, 0.6) is 0 Å². The highest BCUT2D eigenvalue weighted by Crippen LogP contribution is 2.31. The number of aromatic nitrogens is 4. The molecule has 0 radical (unpaired) electrons. The minimum Gasteiger partial charge on any atom is -0.341 e. The van der Waals surface area contributed by atoms with E-state index in [2.05, 4.69) is 95.5 Å². The van der Waals surface area contributed by atoms with Crippen LogP contribution in [0.2, 0.25) is 0 Å². The highest BCUT2D eigenvalue weighted by Gasteiger charge is 2.13. The fraction of sp³-hybridized carbons (Fsp3) is 0.130. The van der Waals surface area contributed by atoms with Gasteiger partial charge < -0.3 is 4.57 Å². The van der Waals surface area contributed by atoms with Gasteiger partial charge >= 0.3 is 0 Å². The van der Waals surface area contributed by atoms with Crippen LogP contribution in [0.3, 0.4) is 0 Å². The SMILES string of the molecule is CCn1c2ccccc2c2cc(-n3nncc3-c3cccc(C)c3)ccc21. The number of para-hydroxylation sites is 1. The van der Waals surface area contributed by atoms with Crippen molar-refractivity contribution in [1.29, 1.82) is 0 Å². The van der Waals surface area contributed by atoms with Crippen LogP contribution < -0.4 is 0 Å². The zero-order valence-electron chi connectivity index (χ0n) is 15.4. The number of fused-ring (bicyclic) bond motifs is 3. The van der Waals surface area contributed by atoms with Crippen molar-refractivity contribution in [1.82, 2.24) is 19.6 Å². The zero-order chi connectivity index (χ0) is 18.4. The summed E-state index contributed by atoms with van der Waals surface area (Å²) in [6.45, 7) is 5.23. The normalized spacial score (nSPS) is 11.5. The van der Waals surface area contributed by atoms with E-state index < -0.39 is 0 Å². The molecule has 27 heavy (non-hydrogen) atoms. The quantitative estimate of drug-likeness (QED) is 0.437. The summed E-state index contributed by atoms with van der Waals surface area (Å²) in [4.78, 5) is 0. The summed E-state index contributed by atoms with van der Waals surface area (Å²) in [6, 6.07) is 23.5. The van der Waals surface area contributed by atoms with Crippen molar-refractivity contribution in [2.24, 2.45) is 0 Å². The van der Waals surface area contributed by atoms with E-state index in [1.807, 2.05) is 10.9 Å². The van der Waals surface area contributed by atoms with Gasteiger partial charge in [-0.1, -0.05) is 47.2 Å². The molecule has 4 heteroatoms. The van der Waals surface area contributed by atoms with Crippen LogP contribution in [0.1, 0.15) is 12.5 Å². The monoisotopic (exact) mass is 352 g/mol. The number of benzene rings is 3. The topological polar surface area (TPSA) is 35.6 Å². The molecule has 0 N–H and O–H groups in total. The van der Waals surface area contributed by atoms with Crippen LogP contribution in [-0.2, 0) is 6.54 Å². The Labute approximate surface area is 157 Å². The Kier molecular flexibility index (Phi) is 3.57. The molecule has 5 aromatic rings. The molecule has 2 aromatic heterocycles. The minimum atomic E-state index is 0.946. The fourth-order valence-corrected chi connectivity index (χ4v) is 3.94. The molecule has 0 aliphatic rings. The first-order chi connectivity index (χ1) is 13.3. The molecule has 0 saturated carbocycles. The Bertz CT molecular complexity index is 1280. The van der Waals surface area contributed by atoms with E-state index in [0.717, 1.165) is 23.5 Å². The Hall–Kier alpha value is -3.40. The molecule has 0 spiro atoms. The second kappa shape index (κ2) is 6.09. The summed E-state index contributed by atoms with van der Waals surface area (Å²) in [5, 5.41) is 11.1. The van der Waals surface area contributed by atoms with Crippen molar-refractivity contribution >= 4 is 21.8 Å². The third-order valence-electron chi connectivity index (χ3n) is 5.18. The molecule has 0 fully saturated rings. The molecular weight excluding hydrogens is 332 g/mol. The molecule has 2 heterocycles. The van der Waals surface area contributed by atoms with Crippen LogP contribution in [-0.4, -0.2) is 19.6 Å². The van der Waals surface area contributed by atoms with Gasteiger partial charge in [0.2, 0.25) is 0 Å². The molecule has 132 valence electrons. The van der Waals surface area contributed by atoms with E-state index >= 15 is 0 Å². The van der Waals surface area contributed by atoms with Crippen LogP contribution in [0.4, 0.5) is 0 Å². The van der Waals surface area contributed by atoms with Gasteiger partial charge in [-0.25, -0.2) is 4.68 Å². The number of nitrogens with zero attached hydrogens (tertiary/aromatic N) is 4. The predicted octanol–water partition coefficient (Wildman–Crippen LogP) is 5.37. The Morgan fingerprint density at radius 3 is 2.56 bits per heavy atom. The minimum absolute atomic E-state index is 0.946. The van der Waals surface area contributed by atoms with Gasteiger partial charge in [0.15, 0.2) is 0 Å². The molecule has 0 unspecified atom stereocenters. The van der Waals surface area contributed by atoms with Gasteiger partial charge in [-0.3, -0.25) is 0 Å². The van der Waals surface area contributed by atoms with E-state index in [4.69, 9.17) is 0 Å². The van der Waals surface area contributed by atoms with Gasteiger partial charge in [-0.05, 0) is 44.2 Å². The standard InChI is InChI=1S/C23H20N4/c1-3-26-21-10-5-4-9-19(21)20-14-18(11-12-22(20)26)27-23(15-24-25-27)17-8-6-7-16(2)13-17/h4-15H,3H2,1-2H3. The number of hydrogen-bond acceptors (Lipinski definition) is 2. The lowest BCUT2D eigenvalue weighted by atomic mass is 10.1. The molecule has 0 atom stereocenters. The lowest BCUT2D eigenvalue weighted by molar-refractivity contribution is 0.807. The maximum Gasteiger partial charge on any atom is 0.0944 e. The van der Waals surface area contributed by atoms with Gasteiger partial charge in [0.25, 0.3) is 0 Å². The van der Waals surface area contributed by atoms with Crippen LogP contribution in [0, 0.1) is 6.92 Å². The second-order valence-corrected chi connectivity index (χ2v) is 6.86. The second-order valence-electron chi connectivity index (χ2n) is 6.86. The third kappa shape index (κ3) is 2.45. The smallest absolute Gasteiger partial charge is 0.0944 e. The average molecular weight is 352 g/mol. The molecular formula is C23H20N4. The van der Waals surface area contributed by atoms with Gasteiger partial charge in [0, 0.05) is 33.9 Å². The molecule has 0 saturated heterocycles. The fourth-order valence-electron chi connectivity index (χ4n) is 3.94. The molecule has 0 bridgehead atoms. The summed E-state index contributed by atoms with van der Waals surface area (Å²) in [6.07, 6.45) is 1.83. The van der Waals surface area contributed by atoms with E-state index in [9.17, 15) is 0 Å². The number of hydrogen-bond donors (Lipinski definition) is 0. The molecule has 0 amide bonds. The molecule has 4 nitrogen and oxygen atoms in total. The van der Waals surface area contributed by atoms with Crippen LogP contribution in [0.25, 0.3) is 38.8 Å². The Morgan fingerprint density at radius 2 is 1.70 bits per heavy atom. The summed E-state index contributed by atoms with van der Waals surface area (Å²) >= 11 is 0. The summed E-state index contributed by atoms with van der Waals surface area (Å²) in [7, 11) is 0. The lowest BCUT2D eigenvalue weighted by Gasteiger charge is -2.08. The molecule has 5 rings (SSSR count). The van der Waals surface area contributed by atoms with Crippen molar-refractivity contribution in [2.45, 2.75) is 20.4 Å². The van der Waals surface area contributed by atoms with Gasteiger partial charge in [0.1, 0.15) is 0 Å². The van der Waals surface area contributed by atoms with E-state index in [1.165, 1.54) is 27.4 Å². The van der Waals surface area contributed by atoms with Crippen molar-refractivity contribution in [3.63, 3.8) is 0 Å². The zero-order valence-corrected chi connectivity index (χ0v) is 15.4. The number of rotatable bonds is 3. The Morgan fingerprint density at radius 1 is 0.852 bits per heavy atom.